The van der Waals surface area contributed by atoms with E-state index < -0.39 is 0 Å². The summed E-state index contributed by atoms with van der Waals surface area (Å²) in [5.41, 5.74) is 6.30. The Morgan fingerprint density at radius 2 is 2.00 bits per heavy atom. The average molecular weight is 225 g/mol. The average Bonchev–Trinajstić information content (AvgIpc) is 2.99. The number of methoxy groups -OCH3 is 2. The van der Waals surface area contributed by atoms with Crippen molar-refractivity contribution in [3.05, 3.63) is 23.5 Å². The maximum absolute atomic E-state index is 13.8. The first-order valence-corrected chi connectivity index (χ1v) is 5.27. The van der Waals surface area contributed by atoms with Gasteiger partial charge in [0, 0.05) is 23.2 Å². The standard InChI is InChI=1S/C12H16FNO2/c1-15-8-5-10(13)9(11(6-8)16-2)7-12(14)3-4-12/h5-6H,3-4,7,14H2,1-2H3. The molecule has 0 atom stereocenters. The van der Waals surface area contributed by atoms with Crippen molar-refractivity contribution in [2.45, 2.75) is 24.8 Å². The monoisotopic (exact) mass is 225 g/mol. The van der Waals surface area contributed by atoms with E-state index in [0.29, 0.717) is 23.5 Å². The topological polar surface area (TPSA) is 44.5 Å². The van der Waals surface area contributed by atoms with Gasteiger partial charge in [0.25, 0.3) is 0 Å². The molecule has 2 N–H and O–H groups in total. The fraction of sp³-hybridized carbons (Fsp3) is 0.500. The van der Waals surface area contributed by atoms with E-state index in [2.05, 4.69) is 0 Å². The van der Waals surface area contributed by atoms with E-state index in [9.17, 15) is 4.39 Å². The zero-order valence-corrected chi connectivity index (χ0v) is 9.55. The maximum Gasteiger partial charge on any atom is 0.133 e. The molecule has 0 saturated heterocycles. The van der Waals surface area contributed by atoms with Gasteiger partial charge >= 0.3 is 0 Å². The molecule has 0 amide bonds. The van der Waals surface area contributed by atoms with Crippen molar-refractivity contribution in [3.8, 4) is 11.5 Å². The summed E-state index contributed by atoms with van der Waals surface area (Å²) in [4.78, 5) is 0. The zero-order valence-electron chi connectivity index (χ0n) is 9.55. The Morgan fingerprint density at radius 1 is 1.31 bits per heavy atom. The summed E-state index contributed by atoms with van der Waals surface area (Å²) >= 11 is 0. The number of ether oxygens (including phenoxy) is 2. The van der Waals surface area contributed by atoms with Crippen LogP contribution in [0.25, 0.3) is 0 Å². The third-order valence-corrected chi connectivity index (χ3v) is 3.00. The van der Waals surface area contributed by atoms with Crippen LogP contribution in [0.4, 0.5) is 4.39 Å². The summed E-state index contributed by atoms with van der Waals surface area (Å²) in [6.07, 6.45) is 2.41. The Kier molecular flexibility index (Phi) is 2.76. The molecule has 1 aromatic carbocycles. The zero-order chi connectivity index (χ0) is 11.8. The second-order valence-corrected chi connectivity index (χ2v) is 4.33. The minimum absolute atomic E-state index is 0.233. The third-order valence-electron chi connectivity index (χ3n) is 3.00. The number of hydrogen-bond donors (Lipinski definition) is 1. The number of hydrogen-bond acceptors (Lipinski definition) is 3. The first-order chi connectivity index (χ1) is 7.58. The molecular weight excluding hydrogens is 209 g/mol. The van der Waals surface area contributed by atoms with Gasteiger partial charge in [-0.3, -0.25) is 0 Å². The lowest BCUT2D eigenvalue weighted by molar-refractivity contribution is 0.381. The summed E-state index contributed by atoms with van der Waals surface area (Å²) < 4.78 is 24.0. The van der Waals surface area contributed by atoms with Gasteiger partial charge in [0.1, 0.15) is 17.3 Å². The van der Waals surface area contributed by atoms with Gasteiger partial charge in [0.15, 0.2) is 0 Å². The number of rotatable bonds is 4. The molecule has 1 aliphatic rings. The normalized spacial score (nSPS) is 17.0. The Hall–Kier alpha value is -1.29. The molecule has 1 fully saturated rings. The van der Waals surface area contributed by atoms with Crippen LogP contribution in [0.15, 0.2) is 12.1 Å². The SMILES string of the molecule is COc1cc(F)c(CC2(N)CC2)c(OC)c1. The van der Waals surface area contributed by atoms with E-state index in [0.717, 1.165) is 12.8 Å². The molecule has 3 nitrogen and oxygen atoms in total. The molecular formula is C12H16FNO2. The van der Waals surface area contributed by atoms with Crippen molar-refractivity contribution in [1.82, 2.24) is 0 Å². The van der Waals surface area contributed by atoms with E-state index >= 15 is 0 Å². The lowest BCUT2D eigenvalue weighted by Gasteiger charge is -2.14. The van der Waals surface area contributed by atoms with Crippen LogP contribution in [-0.4, -0.2) is 19.8 Å². The van der Waals surface area contributed by atoms with Gasteiger partial charge in [-0.25, -0.2) is 4.39 Å². The molecule has 88 valence electrons. The van der Waals surface area contributed by atoms with Crippen molar-refractivity contribution in [2.24, 2.45) is 5.73 Å². The summed E-state index contributed by atoms with van der Waals surface area (Å²) in [6.45, 7) is 0. The van der Waals surface area contributed by atoms with Gasteiger partial charge in [-0.05, 0) is 19.3 Å². The maximum atomic E-state index is 13.8. The molecule has 16 heavy (non-hydrogen) atoms. The van der Waals surface area contributed by atoms with Gasteiger partial charge < -0.3 is 15.2 Å². The molecule has 1 saturated carbocycles. The van der Waals surface area contributed by atoms with Gasteiger partial charge in [-0.15, -0.1) is 0 Å². The highest BCUT2D eigenvalue weighted by Crippen LogP contribution is 2.39. The Balaban J connectivity index is 2.34. The van der Waals surface area contributed by atoms with Crippen LogP contribution in [0.2, 0.25) is 0 Å². The first-order valence-electron chi connectivity index (χ1n) is 5.27. The van der Waals surface area contributed by atoms with E-state index in [1.165, 1.54) is 20.3 Å². The van der Waals surface area contributed by atoms with Gasteiger partial charge in [-0.2, -0.15) is 0 Å². The van der Waals surface area contributed by atoms with Crippen molar-refractivity contribution < 1.29 is 13.9 Å². The van der Waals surface area contributed by atoms with Crippen LogP contribution < -0.4 is 15.2 Å². The van der Waals surface area contributed by atoms with Crippen molar-refractivity contribution in [2.75, 3.05) is 14.2 Å². The molecule has 0 spiro atoms. The molecule has 1 aromatic rings. The number of nitrogens with two attached hydrogens (primary N) is 1. The van der Waals surface area contributed by atoms with Crippen LogP contribution in [0.1, 0.15) is 18.4 Å². The van der Waals surface area contributed by atoms with E-state index in [1.54, 1.807) is 6.07 Å². The fourth-order valence-corrected chi connectivity index (χ4v) is 1.75. The first kappa shape index (κ1) is 11.2. The molecule has 0 heterocycles. The highest BCUT2D eigenvalue weighted by atomic mass is 19.1. The smallest absolute Gasteiger partial charge is 0.133 e. The minimum Gasteiger partial charge on any atom is -0.497 e. The Morgan fingerprint density at radius 3 is 2.50 bits per heavy atom. The molecule has 1 aliphatic carbocycles. The second-order valence-electron chi connectivity index (χ2n) is 4.33. The Bertz CT molecular complexity index is 402. The predicted molar refractivity (Wildman–Crippen MR) is 59.4 cm³/mol. The number of benzene rings is 1. The van der Waals surface area contributed by atoms with Gasteiger partial charge in [-0.1, -0.05) is 0 Å². The van der Waals surface area contributed by atoms with E-state index in [1.807, 2.05) is 0 Å². The quantitative estimate of drug-likeness (QED) is 0.850. The highest BCUT2D eigenvalue weighted by molar-refractivity contribution is 5.43. The third kappa shape index (κ3) is 2.11. The molecule has 0 aliphatic heterocycles. The van der Waals surface area contributed by atoms with Crippen LogP contribution >= 0.6 is 0 Å². The van der Waals surface area contributed by atoms with Crippen molar-refractivity contribution in [1.29, 1.82) is 0 Å². The second kappa shape index (κ2) is 3.94. The van der Waals surface area contributed by atoms with Gasteiger partial charge in [0.2, 0.25) is 0 Å². The van der Waals surface area contributed by atoms with Gasteiger partial charge in [0.05, 0.1) is 14.2 Å². The van der Waals surface area contributed by atoms with Crippen molar-refractivity contribution in [3.63, 3.8) is 0 Å². The lowest BCUT2D eigenvalue weighted by Crippen LogP contribution is -2.25. The molecule has 0 unspecified atom stereocenters. The molecule has 2 rings (SSSR count). The number of halogens is 1. The summed E-state index contributed by atoms with van der Waals surface area (Å²) in [5.74, 6) is 0.654. The molecule has 4 heteroatoms. The van der Waals surface area contributed by atoms with Crippen LogP contribution in [0.3, 0.4) is 0 Å². The van der Waals surface area contributed by atoms with E-state index in [4.69, 9.17) is 15.2 Å². The molecule has 0 radical (unpaired) electrons. The largest absolute Gasteiger partial charge is 0.497 e. The highest BCUT2D eigenvalue weighted by Gasteiger charge is 2.39. The van der Waals surface area contributed by atoms with Crippen LogP contribution in [0, 0.1) is 5.82 Å². The summed E-state index contributed by atoms with van der Waals surface area (Å²) in [5, 5.41) is 0. The minimum atomic E-state index is -0.312. The predicted octanol–water partition coefficient (Wildman–Crippen LogP) is 1.88. The van der Waals surface area contributed by atoms with Crippen molar-refractivity contribution >= 4 is 0 Å². The fourth-order valence-electron chi connectivity index (χ4n) is 1.75. The van der Waals surface area contributed by atoms with Crippen LogP contribution in [0.5, 0.6) is 11.5 Å². The van der Waals surface area contributed by atoms with E-state index in [-0.39, 0.29) is 11.4 Å². The Labute approximate surface area is 94.3 Å². The summed E-state index contributed by atoms with van der Waals surface area (Å²) in [7, 11) is 3.02. The summed E-state index contributed by atoms with van der Waals surface area (Å²) in [6, 6.07) is 3.05. The molecule has 0 aromatic heterocycles. The molecule has 0 bridgehead atoms. The lowest BCUT2D eigenvalue weighted by atomic mass is 10.0. The van der Waals surface area contributed by atoms with Crippen LogP contribution in [-0.2, 0) is 6.42 Å².